The number of carbonyl (C=O) groups is 2. The predicted molar refractivity (Wildman–Crippen MR) is 171 cm³/mol. The first kappa shape index (κ1) is 31.5. The molecule has 224 valence electrons. The van der Waals surface area contributed by atoms with Gasteiger partial charge in [0.15, 0.2) is 0 Å². The largest absolute Gasteiger partial charge is 0.355 e. The molecule has 1 atom stereocenters. The molecule has 0 aromatic heterocycles. The lowest BCUT2D eigenvalue weighted by atomic mass is 10.0. The van der Waals surface area contributed by atoms with E-state index in [0.29, 0.717) is 12.2 Å². The average Bonchev–Trinajstić information content (AvgIpc) is 3.00. The van der Waals surface area contributed by atoms with Crippen LogP contribution in [0.5, 0.6) is 0 Å². The van der Waals surface area contributed by atoms with E-state index in [2.05, 4.69) is 5.32 Å². The molecule has 4 aromatic carbocycles. The Bertz CT molecular complexity index is 1640. The third kappa shape index (κ3) is 7.90. The number of sulfonamides is 1. The minimum absolute atomic E-state index is 0.0847. The predicted octanol–water partition coefficient (Wildman–Crippen LogP) is 5.58. The minimum Gasteiger partial charge on any atom is -0.355 e. The molecule has 4 rings (SSSR count). The fraction of sp³-hybridized carbons (Fsp3) is 0.257. The van der Waals surface area contributed by atoms with Gasteiger partial charge in [-0.3, -0.25) is 13.9 Å². The smallest absolute Gasteiger partial charge is 0.264 e. The van der Waals surface area contributed by atoms with Crippen LogP contribution in [-0.2, 0) is 32.6 Å². The van der Waals surface area contributed by atoms with Crippen molar-refractivity contribution < 1.29 is 18.0 Å². The SMILES string of the molecule is CCNC(=O)[C@@H](Cc1ccccc1)N(Cc1ccccc1C)C(=O)CN(c1ccc(C)cc1)S(=O)(=O)c1ccc(C)cc1. The van der Waals surface area contributed by atoms with E-state index >= 15 is 0 Å². The third-order valence-electron chi connectivity index (χ3n) is 7.43. The fourth-order valence-electron chi connectivity index (χ4n) is 4.89. The van der Waals surface area contributed by atoms with Gasteiger partial charge in [-0.15, -0.1) is 0 Å². The zero-order valence-corrected chi connectivity index (χ0v) is 26.0. The van der Waals surface area contributed by atoms with Gasteiger partial charge in [-0.1, -0.05) is 90.0 Å². The molecule has 8 heteroatoms. The maximum atomic E-state index is 14.4. The second-order valence-corrected chi connectivity index (χ2v) is 12.6. The van der Waals surface area contributed by atoms with Crippen LogP contribution in [0.25, 0.3) is 0 Å². The van der Waals surface area contributed by atoms with Gasteiger partial charge < -0.3 is 10.2 Å². The molecule has 0 aliphatic rings. The Kier molecular flexibility index (Phi) is 10.4. The molecule has 43 heavy (non-hydrogen) atoms. The first-order valence-electron chi connectivity index (χ1n) is 14.4. The summed E-state index contributed by atoms with van der Waals surface area (Å²) in [5.41, 5.74) is 4.99. The lowest BCUT2D eigenvalue weighted by Crippen LogP contribution is -2.53. The summed E-state index contributed by atoms with van der Waals surface area (Å²) >= 11 is 0. The molecule has 2 amide bonds. The van der Waals surface area contributed by atoms with Crippen molar-refractivity contribution in [1.82, 2.24) is 10.2 Å². The van der Waals surface area contributed by atoms with E-state index in [9.17, 15) is 18.0 Å². The van der Waals surface area contributed by atoms with Crippen LogP contribution in [0.2, 0.25) is 0 Å². The number of hydrogen-bond donors (Lipinski definition) is 1. The highest BCUT2D eigenvalue weighted by Gasteiger charge is 2.34. The van der Waals surface area contributed by atoms with E-state index in [-0.39, 0.29) is 23.8 Å². The zero-order chi connectivity index (χ0) is 31.0. The van der Waals surface area contributed by atoms with E-state index in [1.807, 2.05) is 94.4 Å². The van der Waals surface area contributed by atoms with E-state index in [1.54, 1.807) is 36.4 Å². The maximum absolute atomic E-state index is 14.4. The Hall–Kier alpha value is -4.43. The standard InChI is InChI=1S/C35H39N3O4S/c1-5-36-35(40)33(23-29-12-7-6-8-13-29)37(24-30-14-10-9-11-28(30)4)34(39)25-38(31-19-15-26(2)16-20-31)43(41,42)32-21-17-27(3)18-22-32/h6-22,33H,5,23-25H2,1-4H3,(H,36,40)/t33-/m1/s1. The topological polar surface area (TPSA) is 86.8 Å². The normalized spacial score (nSPS) is 11.9. The van der Waals surface area contributed by atoms with Crippen molar-refractivity contribution in [1.29, 1.82) is 0 Å². The van der Waals surface area contributed by atoms with E-state index < -0.39 is 28.5 Å². The molecule has 0 bridgehead atoms. The van der Waals surface area contributed by atoms with Crippen molar-refractivity contribution in [2.45, 2.75) is 51.6 Å². The molecule has 0 saturated carbocycles. The van der Waals surface area contributed by atoms with Gasteiger partial charge in [-0.05, 0) is 68.7 Å². The van der Waals surface area contributed by atoms with E-state index in [1.165, 1.54) is 4.90 Å². The highest BCUT2D eigenvalue weighted by molar-refractivity contribution is 7.92. The van der Waals surface area contributed by atoms with Gasteiger partial charge in [-0.25, -0.2) is 8.42 Å². The summed E-state index contributed by atoms with van der Waals surface area (Å²) in [6, 6.07) is 30.0. The first-order valence-corrected chi connectivity index (χ1v) is 15.9. The molecule has 0 fully saturated rings. The molecule has 0 spiro atoms. The maximum Gasteiger partial charge on any atom is 0.264 e. The van der Waals surface area contributed by atoms with E-state index in [4.69, 9.17) is 0 Å². The number of nitrogens with zero attached hydrogens (tertiary/aromatic N) is 2. The second-order valence-electron chi connectivity index (χ2n) is 10.7. The summed E-state index contributed by atoms with van der Waals surface area (Å²) in [4.78, 5) is 29.6. The van der Waals surface area contributed by atoms with Crippen molar-refractivity contribution in [3.63, 3.8) is 0 Å². The van der Waals surface area contributed by atoms with Gasteiger partial charge in [0.05, 0.1) is 10.6 Å². The Labute approximate surface area is 255 Å². The van der Waals surface area contributed by atoms with Crippen molar-refractivity contribution in [3.8, 4) is 0 Å². The Morgan fingerprint density at radius 2 is 1.35 bits per heavy atom. The number of aryl methyl sites for hydroxylation is 3. The number of amides is 2. The molecular formula is C35H39N3O4S. The Balaban J connectivity index is 1.80. The third-order valence-corrected chi connectivity index (χ3v) is 9.22. The zero-order valence-electron chi connectivity index (χ0n) is 25.2. The number of hydrogen-bond acceptors (Lipinski definition) is 4. The van der Waals surface area contributed by atoms with Gasteiger partial charge >= 0.3 is 0 Å². The molecular weight excluding hydrogens is 558 g/mol. The number of likely N-dealkylation sites (N-methyl/N-ethyl adjacent to an activating group) is 1. The van der Waals surface area contributed by atoms with Crippen molar-refractivity contribution in [3.05, 3.63) is 131 Å². The quantitative estimate of drug-likeness (QED) is 0.231. The number of benzene rings is 4. The average molecular weight is 598 g/mol. The summed E-state index contributed by atoms with van der Waals surface area (Å²) in [6.07, 6.45) is 0.277. The lowest BCUT2D eigenvalue weighted by Gasteiger charge is -2.34. The highest BCUT2D eigenvalue weighted by Crippen LogP contribution is 2.26. The van der Waals surface area contributed by atoms with Crippen LogP contribution in [0.4, 0.5) is 5.69 Å². The van der Waals surface area contributed by atoms with Crippen LogP contribution in [0.1, 0.15) is 34.7 Å². The summed E-state index contributed by atoms with van der Waals surface area (Å²) in [5.74, 6) is -0.775. The molecule has 1 N–H and O–H groups in total. The number of nitrogens with one attached hydrogen (secondary N) is 1. The highest BCUT2D eigenvalue weighted by atomic mass is 32.2. The summed E-state index contributed by atoms with van der Waals surface area (Å²) in [6.45, 7) is 7.65. The van der Waals surface area contributed by atoms with E-state index in [0.717, 1.165) is 32.1 Å². The van der Waals surface area contributed by atoms with Crippen LogP contribution < -0.4 is 9.62 Å². The summed E-state index contributed by atoms with van der Waals surface area (Å²) < 4.78 is 29.3. The number of carbonyl (C=O) groups excluding carboxylic acids is 2. The van der Waals surface area contributed by atoms with Crippen LogP contribution in [0, 0.1) is 20.8 Å². The minimum atomic E-state index is -4.12. The van der Waals surface area contributed by atoms with Gasteiger partial charge in [0.1, 0.15) is 12.6 Å². The molecule has 0 saturated heterocycles. The second kappa shape index (κ2) is 14.2. The summed E-state index contributed by atoms with van der Waals surface area (Å²) in [7, 11) is -4.12. The van der Waals surface area contributed by atoms with Gasteiger partial charge in [-0.2, -0.15) is 0 Å². The molecule has 0 heterocycles. The van der Waals surface area contributed by atoms with Gasteiger partial charge in [0.25, 0.3) is 10.0 Å². The molecule has 4 aromatic rings. The fourth-order valence-corrected chi connectivity index (χ4v) is 6.31. The molecule has 0 aliphatic carbocycles. The van der Waals surface area contributed by atoms with Crippen molar-refractivity contribution >= 4 is 27.5 Å². The summed E-state index contributed by atoms with van der Waals surface area (Å²) in [5, 5.41) is 2.89. The monoisotopic (exact) mass is 597 g/mol. The number of anilines is 1. The number of rotatable bonds is 12. The molecule has 0 aliphatic heterocycles. The van der Waals surface area contributed by atoms with Gasteiger partial charge in [0.2, 0.25) is 11.8 Å². The molecule has 0 unspecified atom stereocenters. The van der Waals surface area contributed by atoms with Crippen molar-refractivity contribution in [2.75, 3.05) is 17.4 Å². The van der Waals surface area contributed by atoms with Crippen molar-refractivity contribution in [2.24, 2.45) is 0 Å². The van der Waals surface area contributed by atoms with Crippen LogP contribution in [-0.4, -0.2) is 44.3 Å². The van der Waals surface area contributed by atoms with Crippen LogP contribution in [0.15, 0.2) is 108 Å². The van der Waals surface area contributed by atoms with Gasteiger partial charge in [0, 0.05) is 19.5 Å². The Morgan fingerprint density at radius 1 is 0.767 bits per heavy atom. The lowest BCUT2D eigenvalue weighted by molar-refractivity contribution is -0.140. The Morgan fingerprint density at radius 3 is 1.95 bits per heavy atom. The first-order chi connectivity index (χ1) is 20.6. The molecule has 0 radical (unpaired) electrons. The van der Waals surface area contributed by atoms with Crippen LogP contribution >= 0.6 is 0 Å². The molecule has 7 nitrogen and oxygen atoms in total. The van der Waals surface area contributed by atoms with Crippen LogP contribution in [0.3, 0.4) is 0 Å².